The van der Waals surface area contributed by atoms with E-state index in [1.54, 1.807) is 11.3 Å². The Morgan fingerprint density at radius 3 is 2.29 bits per heavy atom. The van der Waals surface area contributed by atoms with Crippen molar-refractivity contribution < 1.29 is 0 Å². The molecule has 0 spiro atoms. The summed E-state index contributed by atoms with van der Waals surface area (Å²) >= 11 is 5.23. The van der Waals surface area contributed by atoms with Crippen molar-refractivity contribution in [2.45, 2.75) is 19.9 Å². The lowest BCUT2D eigenvalue weighted by atomic mass is 9.98. The molecule has 0 bridgehead atoms. The van der Waals surface area contributed by atoms with Crippen LogP contribution in [-0.2, 0) is 0 Å². The smallest absolute Gasteiger partial charge is 0.0729 e. The average molecular weight is 311 g/mol. The van der Waals surface area contributed by atoms with Gasteiger partial charge in [-0.15, -0.1) is 0 Å². The van der Waals surface area contributed by atoms with Crippen LogP contribution in [0.4, 0.5) is 0 Å². The van der Waals surface area contributed by atoms with Gasteiger partial charge >= 0.3 is 0 Å². The minimum Gasteiger partial charge on any atom is -0.271 e. The van der Waals surface area contributed by atoms with E-state index < -0.39 is 0 Å². The third-order valence-electron chi connectivity index (χ3n) is 2.70. The Balaban J connectivity index is 2.45. The van der Waals surface area contributed by atoms with Crippen molar-refractivity contribution >= 4 is 27.3 Å². The van der Waals surface area contributed by atoms with Crippen LogP contribution < -0.4 is 11.3 Å². The molecular formula is C13H15BrN2S. The normalized spacial score (nSPS) is 12.7. The van der Waals surface area contributed by atoms with Crippen molar-refractivity contribution in [3.05, 3.63) is 55.7 Å². The van der Waals surface area contributed by atoms with Gasteiger partial charge in [-0.1, -0.05) is 29.3 Å². The van der Waals surface area contributed by atoms with Gasteiger partial charge in [0.1, 0.15) is 0 Å². The lowest BCUT2D eigenvalue weighted by Crippen LogP contribution is -2.28. The number of halogens is 1. The second kappa shape index (κ2) is 5.31. The molecule has 3 N–H and O–H groups in total. The third kappa shape index (κ3) is 2.77. The van der Waals surface area contributed by atoms with Gasteiger partial charge in [-0.3, -0.25) is 5.84 Å². The topological polar surface area (TPSA) is 38.0 Å². The van der Waals surface area contributed by atoms with Crippen LogP contribution >= 0.6 is 27.3 Å². The standard InChI is InChI=1S/C13H15BrN2S/c1-8-3-9(2)5-10(4-8)13(16-15)11-6-17-7-12(11)14/h3-7,13,16H,15H2,1-2H3. The zero-order chi connectivity index (χ0) is 12.4. The Kier molecular flexibility index (Phi) is 3.99. The Morgan fingerprint density at radius 2 is 1.82 bits per heavy atom. The molecule has 90 valence electrons. The first-order chi connectivity index (χ1) is 8.11. The van der Waals surface area contributed by atoms with E-state index in [0.29, 0.717) is 0 Å². The van der Waals surface area contributed by atoms with Crippen molar-refractivity contribution in [1.29, 1.82) is 0 Å². The van der Waals surface area contributed by atoms with E-state index in [1.165, 1.54) is 22.3 Å². The molecule has 1 aromatic carbocycles. The van der Waals surface area contributed by atoms with Gasteiger partial charge in [0.15, 0.2) is 0 Å². The Bertz CT molecular complexity index is 502. The Hall–Kier alpha value is -0.680. The highest BCUT2D eigenvalue weighted by molar-refractivity contribution is 9.10. The zero-order valence-electron chi connectivity index (χ0n) is 9.83. The number of hydrazine groups is 1. The molecule has 0 fully saturated rings. The fraction of sp³-hybridized carbons (Fsp3) is 0.231. The van der Waals surface area contributed by atoms with Crippen molar-refractivity contribution in [1.82, 2.24) is 5.43 Å². The maximum absolute atomic E-state index is 5.70. The summed E-state index contributed by atoms with van der Waals surface area (Å²) in [7, 11) is 0. The quantitative estimate of drug-likeness (QED) is 0.670. The SMILES string of the molecule is Cc1cc(C)cc(C(NN)c2cscc2Br)c1. The molecule has 2 nitrogen and oxygen atoms in total. The number of thiophene rings is 1. The van der Waals surface area contributed by atoms with E-state index >= 15 is 0 Å². The number of hydrogen-bond donors (Lipinski definition) is 2. The summed E-state index contributed by atoms with van der Waals surface area (Å²) in [6, 6.07) is 6.54. The number of aryl methyl sites for hydroxylation is 2. The second-order valence-corrected chi connectivity index (χ2v) is 5.79. The largest absolute Gasteiger partial charge is 0.271 e. The molecule has 1 aromatic heterocycles. The summed E-state index contributed by atoms with van der Waals surface area (Å²) in [5.41, 5.74) is 7.79. The minimum absolute atomic E-state index is 0.0363. The molecule has 2 rings (SSSR count). The third-order valence-corrected chi connectivity index (χ3v) is 4.45. The first kappa shape index (κ1) is 12.8. The molecule has 0 aliphatic carbocycles. The van der Waals surface area contributed by atoms with E-state index in [2.05, 4.69) is 64.2 Å². The van der Waals surface area contributed by atoms with Crippen LogP contribution in [0.15, 0.2) is 33.4 Å². The predicted molar refractivity (Wildman–Crippen MR) is 77.1 cm³/mol. The van der Waals surface area contributed by atoms with Gasteiger partial charge in [-0.05, 0) is 46.3 Å². The molecule has 4 heteroatoms. The summed E-state index contributed by atoms with van der Waals surface area (Å²) in [5.74, 6) is 5.70. The lowest BCUT2D eigenvalue weighted by molar-refractivity contribution is 0.636. The van der Waals surface area contributed by atoms with Crippen molar-refractivity contribution in [2.75, 3.05) is 0 Å². The highest BCUT2D eigenvalue weighted by Gasteiger charge is 2.16. The van der Waals surface area contributed by atoms with Crippen LogP contribution in [0, 0.1) is 13.8 Å². The van der Waals surface area contributed by atoms with Gasteiger partial charge in [0.05, 0.1) is 6.04 Å². The van der Waals surface area contributed by atoms with Crippen LogP contribution in [0.25, 0.3) is 0 Å². The van der Waals surface area contributed by atoms with Crippen molar-refractivity contribution in [3.8, 4) is 0 Å². The van der Waals surface area contributed by atoms with Gasteiger partial charge in [0.25, 0.3) is 0 Å². The van der Waals surface area contributed by atoms with Crippen LogP contribution in [0.1, 0.15) is 28.3 Å². The summed E-state index contributed by atoms with van der Waals surface area (Å²) < 4.78 is 1.10. The van der Waals surface area contributed by atoms with Crippen LogP contribution in [0.3, 0.4) is 0 Å². The average Bonchev–Trinajstić information content (AvgIpc) is 2.65. The summed E-state index contributed by atoms with van der Waals surface area (Å²) in [6.07, 6.45) is 0. The molecule has 0 aliphatic rings. The van der Waals surface area contributed by atoms with E-state index in [9.17, 15) is 0 Å². The van der Waals surface area contributed by atoms with Gasteiger partial charge in [-0.25, -0.2) is 5.43 Å². The molecule has 0 saturated heterocycles. The number of rotatable bonds is 3. The van der Waals surface area contributed by atoms with Gasteiger partial charge < -0.3 is 0 Å². The molecule has 1 unspecified atom stereocenters. The summed E-state index contributed by atoms with van der Waals surface area (Å²) in [6.45, 7) is 4.21. The first-order valence-corrected chi connectivity index (χ1v) is 7.11. The molecule has 0 amide bonds. The Labute approximate surface area is 114 Å². The zero-order valence-corrected chi connectivity index (χ0v) is 12.2. The lowest BCUT2D eigenvalue weighted by Gasteiger charge is -2.17. The first-order valence-electron chi connectivity index (χ1n) is 5.37. The fourth-order valence-corrected chi connectivity index (χ4v) is 3.59. The van der Waals surface area contributed by atoms with Gasteiger partial charge in [0, 0.05) is 9.85 Å². The molecule has 0 saturated carbocycles. The number of hydrogen-bond acceptors (Lipinski definition) is 3. The summed E-state index contributed by atoms with van der Waals surface area (Å²) in [4.78, 5) is 0. The molecule has 1 heterocycles. The van der Waals surface area contributed by atoms with Crippen LogP contribution in [-0.4, -0.2) is 0 Å². The van der Waals surface area contributed by atoms with Crippen molar-refractivity contribution in [3.63, 3.8) is 0 Å². The molecule has 0 aliphatic heterocycles. The monoisotopic (exact) mass is 310 g/mol. The van der Waals surface area contributed by atoms with E-state index in [4.69, 9.17) is 5.84 Å². The Morgan fingerprint density at radius 1 is 1.18 bits per heavy atom. The van der Waals surface area contributed by atoms with Crippen molar-refractivity contribution in [2.24, 2.45) is 5.84 Å². The number of nitrogens with one attached hydrogen (secondary N) is 1. The predicted octanol–water partition coefficient (Wildman–Crippen LogP) is 3.68. The van der Waals surface area contributed by atoms with E-state index in [-0.39, 0.29) is 6.04 Å². The highest BCUT2D eigenvalue weighted by Crippen LogP contribution is 2.31. The number of benzene rings is 1. The van der Waals surface area contributed by atoms with E-state index in [1.807, 2.05) is 0 Å². The molecule has 17 heavy (non-hydrogen) atoms. The summed E-state index contributed by atoms with van der Waals surface area (Å²) in [5, 5.41) is 4.19. The maximum atomic E-state index is 5.70. The highest BCUT2D eigenvalue weighted by atomic mass is 79.9. The second-order valence-electron chi connectivity index (χ2n) is 4.20. The van der Waals surface area contributed by atoms with Gasteiger partial charge in [0.2, 0.25) is 0 Å². The molecule has 2 aromatic rings. The molecular weight excluding hydrogens is 296 g/mol. The fourth-order valence-electron chi connectivity index (χ4n) is 2.04. The number of nitrogens with two attached hydrogens (primary N) is 1. The maximum Gasteiger partial charge on any atom is 0.0729 e. The minimum atomic E-state index is 0.0363. The van der Waals surface area contributed by atoms with E-state index in [0.717, 1.165) is 4.47 Å². The van der Waals surface area contributed by atoms with Crippen LogP contribution in [0.5, 0.6) is 0 Å². The molecule has 0 radical (unpaired) electrons. The molecule has 1 atom stereocenters. The van der Waals surface area contributed by atoms with Gasteiger partial charge in [-0.2, -0.15) is 11.3 Å². The van der Waals surface area contributed by atoms with Crippen LogP contribution in [0.2, 0.25) is 0 Å².